The summed E-state index contributed by atoms with van der Waals surface area (Å²) >= 11 is 0. The Morgan fingerprint density at radius 3 is 2.43 bits per heavy atom. The average molecular weight is 196 g/mol. The van der Waals surface area contributed by atoms with Crippen LogP contribution in [0.25, 0.3) is 0 Å². The molecule has 0 heterocycles. The van der Waals surface area contributed by atoms with Gasteiger partial charge < -0.3 is 5.11 Å². The fourth-order valence-corrected chi connectivity index (χ4v) is 2.21. The first-order valence-electron chi connectivity index (χ1n) is 5.39. The summed E-state index contributed by atoms with van der Waals surface area (Å²) < 4.78 is 0. The summed E-state index contributed by atoms with van der Waals surface area (Å²) in [4.78, 5) is 11.7. The monoisotopic (exact) mass is 196 g/mol. The van der Waals surface area contributed by atoms with E-state index >= 15 is 0 Å². The number of ketones is 1. The van der Waals surface area contributed by atoms with Gasteiger partial charge in [-0.3, -0.25) is 4.79 Å². The molecule has 1 rings (SSSR count). The third kappa shape index (κ3) is 2.17. The largest absolute Gasteiger partial charge is 0.512 e. The molecule has 0 radical (unpaired) electrons. The Labute approximate surface area is 86.0 Å². The van der Waals surface area contributed by atoms with Crippen molar-refractivity contribution in [1.29, 1.82) is 0 Å². The zero-order valence-corrected chi connectivity index (χ0v) is 9.50. The van der Waals surface area contributed by atoms with Crippen LogP contribution in [0.15, 0.2) is 11.3 Å². The van der Waals surface area contributed by atoms with Gasteiger partial charge in [0.15, 0.2) is 5.78 Å². The zero-order chi connectivity index (χ0) is 10.9. The molecule has 0 aliphatic heterocycles. The van der Waals surface area contributed by atoms with Crippen molar-refractivity contribution < 1.29 is 9.90 Å². The van der Waals surface area contributed by atoms with Crippen molar-refractivity contribution in [3.05, 3.63) is 11.3 Å². The molecule has 2 heteroatoms. The van der Waals surface area contributed by atoms with Crippen LogP contribution in [0.2, 0.25) is 0 Å². The lowest BCUT2D eigenvalue weighted by atomic mass is 9.77. The van der Waals surface area contributed by atoms with Gasteiger partial charge in [0.2, 0.25) is 0 Å². The minimum Gasteiger partial charge on any atom is -0.512 e. The molecule has 0 aromatic rings. The van der Waals surface area contributed by atoms with E-state index in [9.17, 15) is 9.90 Å². The van der Waals surface area contributed by atoms with Crippen LogP contribution in [0.1, 0.15) is 40.5 Å². The number of allylic oxidation sites excluding steroid dienone is 2. The van der Waals surface area contributed by atoms with Gasteiger partial charge in [0.05, 0.1) is 0 Å². The summed E-state index contributed by atoms with van der Waals surface area (Å²) in [5.41, 5.74) is 0.679. The van der Waals surface area contributed by atoms with Crippen LogP contribution in [-0.4, -0.2) is 10.9 Å². The van der Waals surface area contributed by atoms with Crippen LogP contribution in [0.4, 0.5) is 0 Å². The number of aliphatic hydroxyl groups is 1. The molecule has 1 aliphatic rings. The van der Waals surface area contributed by atoms with Crippen LogP contribution in [0.3, 0.4) is 0 Å². The fraction of sp³-hybridized carbons (Fsp3) is 0.750. The highest BCUT2D eigenvalue weighted by Crippen LogP contribution is 2.33. The Kier molecular flexibility index (Phi) is 3.35. The number of rotatable bonds is 1. The van der Waals surface area contributed by atoms with Gasteiger partial charge in [-0.25, -0.2) is 0 Å². The van der Waals surface area contributed by atoms with Crippen LogP contribution in [0, 0.1) is 17.8 Å². The van der Waals surface area contributed by atoms with Crippen molar-refractivity contribution in [3.63, 3.8) is 0 Å². The van der Waals surface area contributed by atoms with Gasteiger partial charge in [0.1, 0.15) is 5.76 Å². The van der Waals surface area contributed by atoms with Crippen LogP contribution < -0.4 is 0 Å². The first kappa shape index (κ1) is 11.3. The van der Waals surface area contributed by atoms with Gasteiger partial charge in [0, 0.05) is 17.9 Å². The van der Waals surface area contributed by atoms with Crippen molar-refractivity contribution in [2.75, 3.05) is 0 Å². The average Bonchev–Trinajstić information content (AvgIpc) is 2.01. The lowest BCUT2D eigenvalue weighted by Crippen LogP contribution is -2.25. The molecule has 1 aliphatic carbocycles. The number of hydrogen-bond acceptors (Lipinski definition) is 2. The summed E-state index contributed by atoms with van der Waals surface area (Å²) in [6.45, 7) is 7.96. The second kappa shape index (κ2) is 4.16. The molecule has 2 nitrogen and oxygen atoms in total. The van der Waals surface area contributed by atoms with Crippen molar-refractivity contribution in [1.82, 2.24) is 0 Å². The highest BCUT2D eigenvalue weighted by Gasteiger charge is 2.30. The second-order valence-electron chi connectivity index (χ2n) is 4.82. The Morgan fingerprint density at radius 1 is 1.43 bits per heavy atom. The molecule has 0 spiro atoms. The topological polar surface area (TPSA) is 37.3 Å². The maximum absolute atomic E-state index is 11.7. The molecule has 0 saturated heterocycles. The quantitative estimate of drug-likeness (QED) is 0.517. The predicted molar refractivity (Wildman–Crippen MR) is 57.1 cm³/mol. The molecule has 0 amide bonds. The van der Waals surface area contributed by atoms with Crippen molar-refractivity contribution in [2.24, 2.45) is 17.8 Å². The SMILES string of the molecule is CC1CC(=O)C(=C(O)C(C)C)C(C)C1. The minimum atomic E-state index is 0.0600. The van der Waals surface area contributed by atoms with E-state index in [2.05, 4.69) is 6.92 Å². The number of hydrogen-bond donors (Lipinski definition) is 1. The third-order valence-corrected chi connectivity index (χ3v) is 2.91. The van der Waals surface area contributed by atoms with E-state index in [1.807, 2.05) is 20.8 Å². The van der Waals surface area contributed by atoms with Gasteiger partial charge in [-0.15, -0.1) is 0 Å². The molecule has 0 aromatic heterocycles. The number of Topliss-reactive ketones (excluding diaryl/α,β-unsaturated/α-hetero) is 1. The molecular weight excluding hydrogens is 176 g/mol. The van der Waals surface area contributed by atoms with E-state index in [4.69, 9.17) is 0 Å². The normalized spacial score (nSPS) is 32.2. The molecule has 2 unspecified atom stereocenters. The van der Waals surface area contributed by atoms with E-state index in [0.717, 1.165) is 6.42 Å². The van der Waals surface area contributed by atoms with Crippen molar-refractivity contribution in [2.45, 2.75) is 40.5 Å². The summed E-state index contributed by atoms with van der Waals surface area (Å²) in [6.07, 6.45) is 1.61. The second-order valence-corrected chi connectivity index (χ2v) is 4.82. The van der Waals surface area contributed by atoms with Crippen molar-refractivity contribution in [3.8, 4) is 0 Å². The van der Waals surface area contributed by atoms with Gasteiger partial charge in [-0.1, -0.05) is 27.7 Å². The smallest absolute Gasteiger partial charge is 0.162 e. The van der Waals surface area contributed by atoms with E-state index in [1.165, 1.54) is 0 Å². The number of carbonyl (C=O) groups is 1. The van der Waals surface area contributed by atoms with Crippen molar-refractivity contribution >= 4 is 5.78 Å². The molecule has 80 valence electrons. The summed E-state index contributed by atoms with van der Waals surface area (Å²) in [5, 5.41) is 9.84. The molecule has 0 aromatic carbocycles. The lowest BCUT2D eigenvalue weighted by Gasteiger charge is -2.27. The van der Waals surface area contributed by atoms with Crippen LogP contribution in [-0.2, 0) is 4.79 Å². The number of carbonyl (C=O) groups excluding carboxylic acids is 1. The van der Waals surface area contributed by atoms with E-state index < -0.39 is 0 Å². The molecule has 14 heavy (non-hydrogen) atoms. The van der Waals surface area contributed by atoms with E-state index in [-0.39, 0.29) is 17.6 Å². The fourth-order valence-electron chi connectivity index (χ4n) is 2.21. The molecule has 1 N–H and O–H groups in total. The van der Waals surface area contributed by atoms with Crippen LogP contribution in [0.5, 0.6) is 0 Å². The van der Waals surface area contributed by atoms with E-state index in [1.54, 1.807) is 0 Å². The lowest BCUT2D eigenvalue weighted by molar-refractivity contribution is -0.118. The third-order valence-electron chi connectivity index (χ3n) is 2.91. The van der Waals surface area contributed by atoms with E-state index in [0.29, 0.717) is 23.7 Å². The standard InChI is InChI=1S/C12H20O2/c1-7(2)12(14)11-9(4)5-8(3)6-10(11)13/h7-9,14H,5-6H2,1-4H3. The Morgan fingerprint density at radius 2 is 2.00 bits per heavy atom. The highest BCUT2D eigenvalue weighted by molar-refractivity contribution is 5.97. The van der Waals surface area contributed by atoms with Gasteiger partial charge in [-0.2, -0.15) is 0 Å². The Balaban J connectivity index is 2.98. The number of aliphatic hydroxyl groups excluding tert-OH is 1. The molecule has 1 saturated carbocycles. The summed E-state index contributed by atoms with van der Waals surface area (Å²) in [7, 11) is 0. The maximum atomic E-state index is 11.7. The summed E-state index contributed by atoms with van der Waals surface area (Å²) in [6, 6.07) is 0. The maximum Gasteiger partial charge on any atom is 0.162 e. The van der Waals surface area contributed by atoms with Gasteiger partial charge >= 0.3 is 0 Å². The Bertz CT molecular complexity index is 263. The van der Waals surface area contributed by atoms with Gasteiger partial charge in [-0.05, 0) is 18.3 Å². The van der Waals surface area contributed by atoms with Crippen LogP contribution >= 0.6 is 0 Å². The van der Waals surface area contributed by atoms with Gasteiger partial charge in [0.25, 0.3) is 0 Å². The molecular formula is C12H20O2. The first-order valence-corrected chi connectivity index (χ1v) is 5.39. The highest BCUT2D eigenvalue weighted by atomic mass is 16.3. The predicted octanol–water partition coefficient (Wildman–Crippen LogP) is 3.09. The molecule has 0 bridgehead atoms. The molecule has 2 atom stereocenters. The summed E-state index contributed by atoms with van der Waals surface area (Å²) in [5.74, 6) is 1.18. The zero-order valence-electron chi connectivity index (χ0n) is 9.50. The minimum absolute atomic E-state index is 0.0600. The molecule has 1 fully saturated rings. The Hall–Kier alpha value is -0.790. The first-order chi connectivity index (χ1) is 6.43.